The number of anilines is 1. The van der Waals surface area contributed by atoms with Crippen LogP contribution in [0.2, 0.25) is 0 Å². The Kier molecular flexibility index (Phi) is 5.46. The molecule has 150 valence electrons. The van der Waals surface area contributed by atoms with Crippen molar-refractivity contribution in [2.45, 2.75) is 44.9 Å². The van der Waals surface area contributed by atoms with Crippen LogP contribution in [0, 0.1) is 5.92 Å². The van der Waals surface area contributed by atoms with E-state index in [1.54, 1.807) is 4.57 Å². The number of hydrogen-bond donors (Lipinski definition) is 0. The van der Waals surface area contributed by atoms with E-state index in [9.17, 15) is 9.59 Å². The van der Waals surface area contributed by atoms with Crippen LogP contribution in [0.15, 0.2) is 58.5 Å². The number of aromatic nitrogens is 2. The van der Waals surface area contributed by atoms with Gasteiger partial charge in [-0.25, -0.2) is 4.98 Å². The highest BCUT2D eigenvalue weighted by molar-refractivity contribution is 7.99. The maximum Gasteiger partial charge on any atom is 0.262 e. The highest BCUT2D eigenvalue weighted by atomic mass is 32.2. The number of nitrogens with zero attached hydrogens (tertiary/aromatic N) is 3. The van der Waals surface area contributed by atoms with Gasteiger partial charge < -0.3 is 4.90 Å². The molecule has 0 unspecified atom stereocenters. The molecular weight excluding hydrogens is 382 g/mol. The van der Waals surface area contributed by atoms with Crippen molar-refractivity contribution in [1.29, 1.82) is 0 Å². The Bertz CT molecular complexity index is 1120. The van der Waals surface area contributed by atoms with Gasteiger partial charge in [0.25, 0.3) is 5.56 Å². The van der Waals surface area contributed by atoms with Crippen LogP contribution in [0.4, 0.5) is 5.69 Å². The van der Waals surface area contributed by atoms with Crippen molar-refractivity contribution in [2.75, 3.05) is 10.7 Å². The summed E-state index contributed by atoms with van der Waals surface area (Å²) in [4.78, 5) is 32.7. The summed E-state index contributed by atoms with van der Waals surface area (Å²) in [6, 6.07) is 15.6. The monoisotopic (exact) mass is 407 g/mol. The number of carbonyl (C=O) groups is 1. The molecular formula is C23H25N3O2S. The van der Waals surface area contributed by atoms with Crippen LogP contribution in [-0.2, 0) is 17.8 Å². The van der Waals surface area contributed by atoms with Crippen LogP contribution in [0.3, 0.4) is 0 Å². The predicted molar refractivity (Wildman–Crippen MR) is 119 cm³/mol. The summed E-state index contributed by atoms with van der Waals surface area (Å²) in [5.74, 6) is 0.601. The van der Waals surface area contributed by atoms with Crippen LogP contribution in [0.25, 0.3) is 10.9 Å². The van der Waals surface area contributed by atoms with Crippen molar-refractivity contribution in [1.82, 2.24) is 9.55 Å². The molecule has 1 aromatic heterocycles. The summed E-state index contributed by atoms with van der Waals surface area (Å²) in [6.07, 6.45) is 0.874. The van der Waals surface area contributed by atoms with E-state index in [-0.39, 0.29) is 23.3 Å². The number of para-hydroxylation sites is 2. The lowest BCUT2D eigenvalue weighted by molar-refractivity contribution is -0.116. The molecule has 6 heteroatoms. The lowest BCUT2D eigenvalue weighted by Gasteiger charge is -2.23. The van der Waals surface area contributed by atoms with Gasteiger partial charge in [0.1, 0.15) is 0 Å². The molecule has 0 spiro atoms. The molecule has 0 N–H and O–H groups in total. The standard InChI is InChI=1S/C23H25N3O2S/c1-15(2)13-25-22(28)18-9-5-6-10-19(18)24-23(25)29-14-21(27)26-16(3)12-17-8-4-7-11-20(17)26/h4-11,15-16H,12-14H2,1-3H3/t16-/m0/s1. The third-order valence-corrected chi connectivity index (χ3v) is 6.14. The van der Waals surface area contributed by atoms with E-state index in [1.807, 2.05) is 47.4 Å². The fourth-order valence-electron chi connectivity index (χ4n) is 3.93. The maximum atomic E-state index is 13.1. The molecule has 1 atom stereocenters. The number of benzene rings is 2. The third-order valence-electron chi connectivity index (χ3n) is 5.18. The normalized spacial score (nSPS) is 15.9. The SMILES string of the molecule is CC(C)Cn1c(SCC(=O)N2c3ccccc3C[C@@H]2C)nc2ccccc2c1=O. The van der Waals surface area contributed by atoms with Crippen molar-refractivity contribution < 1.29 is 4.79 Å². The zero-order chi connectivity index (χ0) is 20.5. The van der Waals surface area contributed by atoms with Gasteiger partial charge in [0.2, 0.25) is 5.91 Å². The van der Waals surface area contributed by atoms with E-state index in [2.05, 4.69) is 26.8 Å². The minimum atomic E-state index is -0.0425. The summed E-state index contributed by atoms with van der Waals surface area (Å²) < 4.78 is 1.71. The highest BCUT2D eigenvalue weighted by Crippen LogP contribution is 2.32. The number of thioether (sulfide) groups is 1. The molecule has 0 saturated carbocycles. The molecule has 0 saturated heterocycles. The first-order valence-corrected chi connectivity index (χ1v) is 11.0. The summed E-state index contributed by atoms with van der Waals surface area (Å²) in [7, 11) is 0. The minimum absolute atomic E-state index is 0.0425. The van der Waals surface area contributed by atoms with Gasteiger partial charge in [-0.2, -0.15) is 0 Å². The summed E-state index contributed by atoms with van der Waals surface area (Å²) in [5, 5.41) is 1.22. The molecule has 2 aromatic carbocycles. The molecule has 4 rings (SSSR count). The van der Waals surface area contributed by atoms with Gasteiger partial charge in [0.15, 0.2) is 5.16 Å². The van der Waals surface area contributed by atoms with Gasteiger partial charge >= 0.3 is 0 Å². The fourth-order valence-corrected chi connectivity index (χ4v) is 4.79. The van der Waals surface area contributed by atoms with Crippen LogP contribution in [0.1, 0.15) is 26.3 Å². The van der Waals surface area contributed by atoms with Crippen LogP contribution >= 0.6 is 11.8 Å². The minimum Gasteiger partial charge on any atom is -0.308 e. The average molecular weight is 408 g/mol. The molecule has 1 aliphatic heterocycles. The van der Waals surface area contributed by atoms with Gasteiger partial charge in [-0.05, 0) is 43.0 Å². The van der Waals surface area contributed by atoms with E-state index in [1.165, 1.54) is 17.3 Å². The average Bonchev–Trinajstić information content (AvgIpc) is 3.04. The lowest BCUT2D eigenvalue weighted by atomic mass is 10.1. The number of carbonyl (C=O) groups excluding carboxylic acids is 1. The Hall–Kier alpha value is -2.60. The maximum absolute atomic E-state index is 13.1. The topological polar surface area (TPSA) is 55.2 Å². The molecule has 0 fully saturated rings. The fraction of sp³-hybridized carbons (Fsp3) is 0.348. The second-order valence-corrected chi connectivity index (χ2v) is 8.90. The van der Waals surface area contributed by atoms with Crippen LogP contribution < -0.4 is 10.5 Å². The lowest BCUT2D eigenvalue weighted by Crippen LogP contribution is -2.37. The molecule has 0 aliphatic carbocycles. The summed E-state index contributed by atoms with van der Waals surface area (Å²) >= 11 is 1.35. The second-order valence-electron chi connectivity index (χ2n) is 7.96. The first-order chi connectivity index (χ1) is 14.0. The van der Waals surface area contributed by atoms with E-state index in [0.29, 0.717) is 28.5 Å². The largest absolute Gasteiger partial charge is 0.308 e. The molecule has 29 heavy (non-hydrogen) atoms. The van der Waals surface area contributed by atoms with E-state index < -0.39 is 0 Å². The predicted octanol–water partition coefficient (Wildman–Crippen LogP) is 4.12. The zero-order valence-corrected chi connectivity index (χ0v) is 17.8. The Morgan fingerprint density at radius 1 is 1.17 bits per heavy atom. The third kappa shape index (κ3) is 3.81. The Labute approximate surface area is 174 Å². The van der Waals surface area contributed by atoms with E-state index in [4.69, 9.17) is 4.98 Å². The quantitative estimate of drug-likeness (QED) is 0.472. The molecule has 2 heterocycles. The van der Waals surface area contributed by atoms with Crippen LogP contribution in [0.5, 0.6) is 0 Å². The molecule has 5 nitrogen and oxygen atoms in total. The first kappa shape index (κ1) is 19.7. The molecule has 0 radical (unpaired) electrons. The number of rotatable bonds is 5. The van der Waals surface area contributed by atoms with E-state index >= 15 is 0 Å². The zero-order valence-electron chi connectivity index (χ0n) is 17.0. The van der Waals surface area contributed by atoms with Crippen molar-refractivity contribution in [3.63, 3.8) is 0 Å². The van der Waals surface area contributed by atoms with Crippen molar-refractivity contribution in [3.05, 3.63) is 64.4 Å². The summed E-state index contributed by atoms with van der Waals surface area (Å²) in [5.41, 5.74) is 2.84. The first-order valence-electron chi connectivity index (χ1n) is 9.98. The van der Waals surface area contributed by atoms with E-state index in [0.717, 1.165) is 12.1 Å². The Morgan fingerprint density at radius 2 is 1.90 bits per heavy atom. The molecule has 1 amide bonds. The molecule has 0 bridgehead atoms. The Morgan fingerprint density at radius 3 is 2.69 bits per heavy atom. The van der Waals surface area contributed by atoms with Crippen LogP contribution in [-0.4, -0.2) is 27.3 Å². The van der Waals surface area contributed by atoms with Crippen molar-refractivity contribution in [2.24, 2.45) is 5.92 Å². The second kappa shape index (κ2) is 8.03. The summed E-state index contributed by atoms with van der Waals surface area (Å²) in [6.45, 7) is 6.80. The number of fused-ring (bicyclic) bond motifs is 2. The number of hydrogen-bond acceptors (Lipinski definition) is 4. The smallest absolute Gasteiger partial charge is 0.262 e. The van der Waals surface area contributed by atoms with Gasteiger partial charge in [0.05, 0.1) is 16.7 Å². The highest BCUT2D eigenvalue weighted by Gasteiger charge is 2.30. The van der Waals surface area contributed by atoms with Gasteiger partial charge in [-0.3, -0.25) is 14.2 Å². The van der Waals surface area contributed by atoms with Gasteiger partial charge in [-0.1, -0.05) is 55.9 Å². The van der Waals surface area contributed by atoms with Gasteiger partial charge in [0, 0.05) is 18.3 Å². The number of amides is 1. The van der Waals surface area contributed by atoms with Gasteiger partial charge in [-0.15, -0.1) is 0 Å². The molecule has 1 aliphatic rings. The van der Waals surface area contributed by atoms with Crippen molar-refractivity contribution in [3.8, 4) is 0 Å². The molecule has 3 aromatic rings. The Balaban J connectivity index is 1.63. The van der Waals surface area contributed by atoms with Crippen molar-refractivity contribution >= 4 is 34.3 Å².